The molecule has 0 bridgehead atoms. The predicted octanol–water partition coefficient (Wildman–Crippen LogP) is 6.05. The summed E-state index contributed by atoms with van der Waals surface area (Å²) >= 11 is 7.65. The molecule has 3 rings (SSSR count). The van der Waals surface area contributed by atoms with E-state index in [1.54, 1.807) is 4.90 Å². The largest absolute Gasteiger partial charge is 0.284 e. The first-order valence-corrected chi connectivity index (χ1v) is 9.82. The highest BCUT2D eigenvalue weighted by atomic mass is 35.5. The van der Waals surface area contributed by atoms with Crippen LogP contribution in [0.4, 0.5) is 5.69 Å². The van der Waals surface area contributed by atoms with Crippen molar-refractivity contribution in [1.82, 2.24) is 4.90 Å². The molecule has 2 aromatic rings. The zero-order chi connectivity index (χ0) is 18.7. The van der Waals surface area contributed by atoms with Gasteiger partial charge in [0.2, 0.25) is 0 Å². The SMILES string of the molecule is CC[C@@H](C)N1C(=O)/C(=C\c2ccccc2Cl)SC1=Nc1ccc(C)cc1. The molecule has 1 amide bonds. The van der Waals surface area contributed by atoms with Gasteiger partial charge in [-0.3, -0.25) is 9.69 Å². The minimum atomic E-state index is -0.0184. The normalized spacial score (nSPS) is 18.8. The predicted molar refractivity (Wildman–Crippen MR) is 112 cm³/mol. The number of aryl methyl sites for hydroxylation is 1. The molecule has 0 spiro atoms. The van der Waals surface area contributed by atoms with Gasteiger partial charge in [-0.25, -0.2) is 4.99 Å². The van der Waals surface area contributed by atoms with Crippen LogP contribution in [0.2, 0.25) is 5.02 Å². The van der Waals surface area contributed by atoms with Gasteiger partial charge in [-0.1, -0.05) is 54.4 Å². The second-order valence-electron chi connectivity index (χ2n) is 6.29. The van der Waals surface area contributed by atoms with E-state index in [4.69, 9.17) is 16.6 Å². The van der Waals surface area contributed by atoms with Crippen LogP contribution in [0, 0.1) is 6.92 Å². The smallest absolute Gasteiger partial charge is 0.267 e. The van der Waals surface area contributed by atoms with Gasteiger partial charge in [0, 0.05) is 11.1 Å². The van der Waals surface area contributed by atoms with Gasteiger partial charge in [0.15, 0.2) is 5.17 Å². The van der Waals surface area contributed by atoms with Crippen LogP contribution in [-0.2, 0) is 4.79 Å². The van der Waals surface area contributed by atoms with Crippen LogP contribution in [0.5, 0.6) is 0 Å². The van der Waals surface area contributed by atoms with Crippen LogP contribution in [0.1, 0.15) is 31.4 Å². The molecular weight excluding hydrogens is 364 g/mol. The molecule has 2 aromatic carbocycles. The fourth-order valence-electron chi connectivity index (χ4n) is 2.60. The third kappa shape index (κ3) is 4.02. The molecule has 1 aliphatic heterocycles. The lowest BCUT2D eigenvalue weighted by Gasteiger charge is -2.22. The maximum atomic E-state index is 13.0. The second-order valence-corrected chi connectivity index (χ2v) is 7.71. The van der Waals surface area contributed by atoms with Crippen molar-refractivity contribution in [3.05, 3.63) is 69.6 Å². The van der Waals surface area contributed by atoms with Gasteiger partial charge in [0.1, 0.15) is 0 Å². The van der Waals surface area contributed by atoms with Gasteiger partial charge < -0.3 is 0 Å². The lowest BCUT2D eigenvalue weighted by Crippen LogP contribution is -2.36. The number of nitrogens with zero attached hydrogens (tertiary/aromatic N) is 2. The van der Waals surface area contributed by atoms with Gasteiger partial charge >= 0.3 is 0 Å². The molecule has 0 N–H and O–H groups in total. The molecule has 1 saturated heterocycles. The molecule has 1 heterocycles. The zero-order valence-electron chi connectivity index (χ0n) is 15.1. The molecule has 1 fully saturated rings. The highest BCUT2D eigenvalue weighted by Gasteiger charge is 2.36. The molecule has 3 nitrogen and oxygen atoms in total. The average molecular weight is 385 g/mol. The Balaban J connectivity index is 1.99. The monoisotopic (exact) mass is 384 g/mol. The lowest BCUT2D eigenvalue weighted by atomic mass is 10.2. The topological polar surface area (TPSA) is 32.7 Å². The van der Waals surface area contributed by atoms with Gasteiger partial charge in [-0.2, -0.15) is 0 Å². The zero-order valence-corrected chi connectivity index (χ0v) is 16.6. The first-order valence-electron chi connectivity index (χ1n) is 8.62. The lowest BCUT2D eigenvalue weighted by molar-refractivity contribution is -0.123. The van der Waals surface area contributed by atoms with E-state index in [1.165, 1.54) is 17.3 Å². The van der Waals surface area contributed by atoms with Crippen LogP contribution in [0.25, 0.3) is 6.08 Å². The first-order chi connectivity index (χ1) is 12.5. The van der Waals surface area contributed by atoms with Gasteiger partial charge in [-0.05, 0) is 61.9 Å². The number of carbonyl (C=O) groups is 1. The average Bonchev–Trinajstić information content (AvgIpc) is 2.93. The molecule has 134 valence electrons. The van der Waals surface area contributed by atoms with E-state index in [9.17, 15) is 4.79 Å². The Kier molecular flexibility index (Phi) is 5.84. The number of halogens is 1. The number of benzene rings is 2. The van der Waals surface area contributed by atoms with Crippen LogP contribution in [0.15, 0.2) is 58.4 Å². The van der Waals surface area contributed by atoms with Crippen molar-refractivity contribution >= 4 is 46.2 Å². The molecular formula is C21H21ClN2OS. The molecule has 5 heteroatoms. The maximum absolute atomic E-state index is 13.0. The molecule has 0 unspecified atom stereocenters. The summed E-state index contributed by atoms with van der Waals surface area (Å²) in [5, 5.41) is 1.35. The fraction of sp³-hybridized carbons (Fsp3) is 0.238. The van der Waals surface area contributed by atoms with Crippen LogP contribution in [0.3, 0.4) is 0 Å². The minimum absolute atomic E-state index is 0.0184. The van der Waals surface area contributed by atoms with E-state index in [-0.39, 0.29) is 11.9 Å². The van der Waals surface area contributed by atoms with Crippen molar-refractivity contribution in [2.45, 2.75) is 33.2 Å². The standard InChI is InChI=1S/C21H21ClN2OS/c1-4-15(3)24-20(25)19(13-16-7-5-6-8-18(16)22)26-21(24)23-17-11-9-14(2)10-12-17/h5-13,15H,4H2,1-3H3/b19-13+,23-21?/t15-/m1/s1. The third-order valence-corrected chi connectivity index (χ3v) is 5.65. The number of amidine groups is 1. The minimum Gasteiger partial charge on any atom is -0.284 e. The number of hydrogen-bond donors (Lipinski definition) is 0. The van der Waals surface area contributed by atoms with E-state index < -0.39 is 0 Å². The van der Waals surface area contributed by atoms with Crippen molar-refractivity contribution in [3.63, 3.8) is 0 Å². The van der Waals surface area contributed by atoms with E-state index in [1.807, 2.05) is 68.5 Å². The van der Waals surface area contributed by atoms with E-state index in [0.717, 1.165) is 17.7 Å². The van der Waals surface area contributed by atoms with Gasteiger partial charge in [0.05, 0.1) is 10.6 Å². The number of thioether (sulfide) groups is 1. The molecule has 0 saturated carbocycles. The summed E-state index contributed by atoms with van der Waals surface area (Å²) in [5.41, 5.74) is 2.87. The summed E-state index contributed by atoms with van der Waals surface area (Å²) in [7, 11) is 0. The Morgan fingerprint density at radius 2 is 1.88 bits per heavy atom. The number of amides is 1. The summed E-state index contributed by atoms with van der Waals surface area (Å²) in [6.07, 6.45) is 2.71. The van der Waals surface area contributed by atoms with E-state index in [0.29, 0.717) is 15.1 Å². The third-order valence-electron chi connectivity index (χ3n) is 4.32. The summed E-state index contributed by atoms with van der Waals surface area (Å²) in [6, 6.07) is 15.6. The summed E-state index contributed by atoms with van der Waals surface area (Å²) in [6.45, 7) is 6.16. The Hall–Kier alpha value is -2.04. The van der Waals surface area contributed by atoms with Crippen LogP contribution >= 0.6 is 23.4 Å². The highest BCUT2D eigenvalue weighted by molar-refractivity contribution is 8.18. The van der Waals surface area contributed by atoms with Crippen molar-refractivity contribution < 1.29 is 4.79 Å². The number of hydrogen-bond acceptors (Lipinski definition) is 3. The summed E-state index contributed by atoms with van der Waals surface area (Å²) in [5.74, 6) is -0.0184. The van der Waals surface area contributed by atoms with E-state index in [2.05, 4.69) is 6.92 Å². The quantitative estimate of drug-likeness (QED) is 0.601. The number of rotatable bonds is 4. The summed E-state index contributed by atoms with van der Waals surface area (Å²) < 4.78 is 0. The van der Waals surface area contributed by atoms with Crippen LogP contribution < -0.4 is 0 Å². The second kappa shape index (κ2) is 8.11. The van der Waals surface area contributed by atoms with Crippen molar-refractivity contribution in [1.29, 1.82) is 0 Å². The van der Waals surface area contributed by atoms with Crippen molar-refractivity contribution in [2.75, 3.05) is 0 Å². The molecule has 0 aromatic heterocycles. The van der Waals surface area contributed by atoms with Crippen molar-refractivity contribution in [3.8, 4) is 0 Å². The Bertz CT molecular complexity index is 874. The Morgan fingerprint density at radius 1 is 1.19 bits per heavy atom. The molecule has 0 radical (unpaired) electrons. The molecule has 1 atom stereocenters. The summed E-state index contributed by atoms with van der Waals surface area (Å²) in [4.78, 5) is 20.1. The first kappa shape index (κ1) is 18.7. The molecule has 0 aliphatic carbocycles. The number of aliphatic imine (C=N–C) groups is 1. The molecule has 1 aliphatic rings. The van der Waals surface area contributed by atoms with Crippen molar-refractivity contribution in [2.24, 2.45) is 4.99 Å². The Labute approximate surface area is 163 Å². The van der Waals surface area contributed by atoms with E-state index >= 15 is 0 Å². The van der Waals surface area contributed by atoms with Gasteiger partial charge in [-0.15, -0.1) is 0 Å². The molecule has 26 heavy (non-hydrogen) atoms. The Morgan fingerprint density at radius 3 is 2.54 bits per heavy atom. The van der Waals surface area contributed by atoms with Crippen LogP contribution in [-0.4, -0.2) is 22.0 Å². The maximum Gasteiger partial charge on any atom is 0.267 e. The fourth-order valence-corrected chi connectivity index (χ4v) is 3.87. The highest BCUT2D eigenvalue weighted by Crippen LogP contribution is 2.36. The number of carbonyl (C=O) groups excluding carboxylic acids is 1. The van der Waals surface area contributed by atoms with Gasteiger partial charge in [0.25, 0.3) is 5.91 Å².